The number of aryl methyl sites for hydroxylation is 1. The first-order valence-corrected chi connectivity index (χ1v) is 14.8. The van der Waals surface area contributed by atoms with Crippen molar-refractivity contribution in [2.75, 3.05) is 32.8 Å². The van der Waals surface area contributed by atoms with Gasteiger partial charge in [-0.3, -0.25) is 24.0 Å². The first-order chi connectivity index (χ1) is 18.7. The van der Waals surface area contributed by atoms with Gasteiger partial charge in [-0.05, 0) is 31.4 Å². The molecule has 1 unspecified atom stereocenters. The molecule has 0 saturated carbocycles. The van der Waals surface area contributed by atoms with Crippen LogP contribution in [-0.4, -0.2) is 82.9 Å². The summed E-state index contributed by atoms with van der Waals surface area (Å²) in [5.41, 5.74) is 5.52. The maximum atomic E-state index is 13.1. The number of imide groups is 1. The van der Waals surface area contributed by atoms with Crippen molar-refractivity contribution in [2.45, 2.75) is 56.7 Å². The average molecular weight is 560 g/mol. The van der Waals surface area contributed by atoms with E-state index in [-0.39, 0.29) is 37.1 Å². The van der Waals surface area contributed by atoms with E-state index in [1.807, 2.05) is 6.07 Å². The van der Waals surface area contributed by atoms with Crippen LogP contribution < -0.4 is 16.7 Å². The number of aromatic nitrogens is 2. The number of imidazole rings is 1. The Morgan fingerprint density at radius 1 is 1.03 bits per heavy atom. The van der Waals surface area contributed by atoms with Crippen LogP contribution in [0.25, 0.3) is 11.0 Å². The Morgan fingerprint density at radius 3 is 2.36 bits per heavy atom. The number of nitrogens with zero attached hydrogens (tertiary/aromatic N) is 4. The third-order valence-corrected chi connectivity index (χ3v) is 9.90. The van der Waals surface area contributed by atoms with Crippen LogP contribution in [0.15, 0.2) is 23.0 Å². The summed E-state index contributed by atoms with van der Waals surface area (Å²) in [4.78, 5) is 37.1. The molecule has 0 bridgehead atoms. The van der Waals surface area contributed by atoms with Crippen molar-refractivity contribution in [3.8, 4) is 11.8 Å². The first-order valence-electron chi connectivity index (χ1n) is 13.4. The molecular formula is C26H35N6O6S+. The number of quaternary nitrogens is 1. The molecule has 3 saturated heterocycles. The minimum atomic E-state index is -3.45. The zero-order chi connectivity index (χ0) is 27.7. The minimum Gasteiger partial charge on any atom is -0.365 e. The molecule has 3 fully saturated rings. The highest BCUT2D eigenvalue weighted by Crippen LogP contribution is 2.25. The third-order valence-electron chi connectivity index (χ3n) is 7.87. The van der Waals surface area contributed by atoms with E-state index in [9.17, 15) is 22.8 Å². The van der Waals surface area contributed by atoms with Crippen molar-refractivity contribution in [2.24, 2.45) is 7.05 Å². The Bertz CT molecular complexity index is 1490. The molecule has 0 aliphatic carbocycles. The average Bonchev–Trinajstić information content (AvgIpc) is 3.17. The van der Waals surface area contributed by atoms with E-state index >= 15 is 0 Å². The Hall–Kier alpha value is -3.02. The van der Waals surface area contributed by atoms with Gasteiger partial charge in [0.15, 0.2) is 0 Å². The third kappa shape index (κ3) is 5.53. The lowest BCUT2D eigenvalue weighted by atomic mass is 10.1. The van der Waals surface area contributed by atoms with E-state index in [1.54, 1.807) is 27.8 Å². The molecule has 1 atom stereocenters. The van der Waals surface area contributed by atoms with Crippen LogP contribution in [0, 0.1) is 11.8 Å². The van der Waals surface area contributed by atoms with Gasteiger partial charge in [-0.15, -0.1) is 0 Å². The number of nitrogens with one attached hydrogen (secondary N) is 1. The van der Waals surface area contributed by atoms with Gasteiger partial charge in [0.05, 0.1) is 28.7 Å². The molecule has 39 heavy (non-hydrogen) atoms. The first kappa shape index (κ1) is 27.5. The topological polar surface area (TPSA) is 151 Å². The summed E-state index contributed by atoms with van der Waals surface area (Å²) in [6, 6.07) is 4.93. The number of carbonyl (C=O) groups is 2. The summed E-state index contributed by atoms with van der Waals surface area (Å²) in [7, 11) is -1.81. The van der Waals surface area contributed by atoms with Crippen molar-refractivity contribution in [3.63, 3.8) is 0 Å². The molecule has 4 heterocycles. The molecule has 2 aromatic rings. The van der Waals surface area contributed by atoms with E-state index in [0.29, 0.717) is 61.7 Å². The molecule has 12 nitrogen and oxygen atoms in total. The van der Waals surface area contributed by atoms with Crippen LogP contribution in [0.3, 0.4) is 0 Å². The molecule has 4 N–H and O–H groups in total. The van der Waals surface area contributed by atoms with Gasteiger partial charge < -0.3 is 10.5 Å². The highest BCUT2D eigenvalue weighted by molar-refractivity contribution is 7.86. The number of piperidine rings is 3. The molecule has 1 aromatic carbocycles. The molecule has 5 rings (SSSR count). The summed E-state index contributed by atoms with van der Waals surface area (Å²) in [6.07, 6.45) is 3.16. The lowest BCUT2D eigenvalue weighted by Gasteiger charge is -2.36. The molecule has 3 aliphatic heterocycles. The fourth-order valence-corrected chi connectivity index (χ4v) is 7.26. The van der Waals surface area contributed by atoms with Gasteiger partial charge in [0.2, 0.25) is 11.8 Å². The number of fused-ring (bicyclic) bond motifs is 1. The van der Waals surface area contributed by atoms with Gasteiger partial charge in [-0.1, -0.05) is 17.9 Å². The number of ether oxygens (including phenoxy) is 1. The highest BCUT2D eigenvalue weighted by Gasteiger charge is 2.35. The zero-order valence-corrected chi connectivity index (χ0v) is 22.9. The second-order valence-corrected chi connectivity index (χ2v) is 12.3. The van der Waals surface area contributed by atoms with Crippen molar-refractivity contribution >= 4 is 33.1 Å². The molecule has 0 radical (unpaired) electrons. The van der Waals surface area contributed by atoms with Gasteiger partial charge in [-0.25, -0.2) is 4.79 Å². The maximum absolute atomic E-state index is 13.1. The standard InChI is InChI=1S/C26H34N6O6S/c1-29-24-18(4-2-6-21(24)32(26(29)35)22-7-8-23(33)28-25(22)34)5-3-17-38-20-11-15-31(16-12-20)39(36,37)30-13-9-19(27)10-14-30/h2,4,6,19-20,22H,7-17,27H2,1H3,(H,28,33,34)/p+1. The number of carbonyl (C=O) groups excluding carboxylic acids is 2. The lowest BCUT2D eigenvalue weighted by molar-refractivity contribution is -0.425. The molecule has 13 heteroatoms. The highest BCUT2D eigenvalue weighted by atomic mass is 32.2. The van der Waals surface area contributed by atoms with Crippen molar-refractivity contribution < 1.29 is 28.5 Å². The summed E-state index contributed by atoms with van der Waals surface area (Å²) in [6.45, 7) is 2.06. The Labute approximate surface area is 227 Å². The van der Waals surface area contributed by atoms with E-state index in [4.69, 9.17) is 4.74 Å². The van der Waals surface area contributed by atoms with Crippen LogP contribution in [-0.2, 0) is 31.6 Å². The van der Waals surface area contributed by atoms with Crippen molar-refractivity contribution in [1.82, 2.24) is 23.1 Å². The second-order valence-electron chi connectivity index (χ2n) is 10.4. The number of hydrogen-bond acceptors (Lipinski definition) is 6. The molecule has 210 valence electrons. The van der Waals surface area contributed by atoms with Crippen molar-refractivity contribution in [3.05, 3.63) is 34.2 Å². The predicted octanol–water partition coefficient (Wildman–Crippen LogP) is -0.899. The predicted molar refractivity (Wildman–Crippen MR) is 142 cm³/mol. The van der Waals surface area contributed by atoms with E-state index in [1.165, 1.54) is 9.13 Å². The largest absolute Gasteiger partial charge is 0.365 e. The van der Waals surface area contributed by atoms with Crippen LogP contribution in [0.2, 0.25) is 0 Å². The van der Waals surface area contributed by atoms with E-state index in [2.05, 4.69) is 22.9 Å². The summed E-state index contributed by atoms with van der Waals surface area (Å²) in [5.74, 6) is 5.30. The molecular weight excluding hydrogens is 524 g/mol. The van der Waals surface area contributed by atoms with Crippen LogP contribution >= 0.6 is 0 Å². The van der Waals surface area contributed by atoms with Gasteiger partial charge in [0.25, 0.3) is 10.2 Å². The lowest BCUT2D eigenvalue weighted by Crippen LogP contribution is -2.65. The Balaban J connectivity index is 1.21. The fraction of sp³-hybridized carbons (Fsp3) is 0.577. The van der Waals surface area contributed by atoms with Crippen molar-refractivity contribution in [1.29, 1.82) is 0 Å². The number of amides is 2. The van der Waals surface area contributed by atoms with Gasteiger partial charge in [0.1, 0.15) is 12.6 Å². The summed E-state index contributed by atoms with van der Waals surface area (Å²) in [5, 5.41) is 2.31. The molecule has 1 aromatic heterocycles. The smallest absolute Gasteiger partial charge is 0.329 e. The molecule has 3 aliphatic rings. The van der Waals surface area contributed by atoms with Crippen LogP contribution in [0.1, 0.15) is 50.1 Å². The number of rotatable bonds is 5. The minimum absolute atomic E-state index is 0.0786. The summed E-state index contributed by atoms with van der Waals surface area (Å²) < 4.78 is 37.9. The van der Waals surface area contributed by atoms with Gasteiger partial charge in [0, 0.05) is 52.5 Å². The number of hydrogen-bond donors (Lipinski definition) is 2. The number of para-hydroxylation sites is 1. The SMILES string of the molecule is Cn1c(=O)n(C2CCC(=O)NC2=O)c2cccc(C#CCOC3CCN(S(=O)(=O)N4CCC([NH3+])CC4)CC3)c21. The van der Waals surface area contributed by atoms with Gasteiger partial charge >= 0.3 is 5.69 Å². The molecule has 0 spiro atoms. The van der Waals surface area contributed by atoms with Crippen LogP contribution in [0.5, 0.6) is 0 Å². The number of benzene rings is 1. The monoisotopic (exact) mass is 559 g/mol. The second kappa shape index (κ2) is 11.2. The zero-order valence-electron chi connectivity index (χ0n) is 22.1. The van der Waals surface area contributed by atoms with E-state index in [0.717, 1.165) is 12.8 Å². The Kier molecular flexibility index (Phi) is 7.93. The quantitative estimate of drug-likeness (QED) is 0.358. The fourth-order valence-electron chi connectivity index (χ4n) is 5.59. The van der Waals surface area contributed by atoms with Crippen LogP contribution in [0.4, 0.5) is 0 Å². The Morgan fingerprint density at radius 2 is 1.69 bits per heavy atom. The normalized spacial score (nSPS) is 22.6. The maximum Gasteiger partial charge on any atom is 0.329 e. The summed E-state index contributed by atoms with van der Waals surface area (Å²) >= 11 is 0. The molecule has 2 amide bonds. The van der Waals surface area contributed by atoms with Gasteiger partial charge in [-0.2, -0.15) is 17.0 Å². The van der Waals surface area contributed by atoms with E-state index < -0.39 is 22.2 Å².